The molecule has 6 N–H and O–H groups in total. The number of nitrogen functional groups attached to an aromatic ring is 1. The number of amides is 2. The lowest BCUT2D eigenvalue weighted by Gasteiger charge is -2.19. The highest BCUT2D eigenvalue weighted by atomic mass is 19.1. The van der Waals surface area contributed by atoms with Gasteiger partial charge in [0.2, 0.25) is 5.91 Å². The predicted octanol–water partition coefficient (Wildman–Crippen LogP) is 0.351. The Labute approximate surface area is 110 Å². The molecule has 0 bridgehead atoms. The number of para-hydroxylation sites is 1. The number of hydrazine groups is 1. The smallest absolute Gasteiger partial charge is 0.254 e. The Morgan fingerprint density at radius 3 is 2.42 bits per heavy atom. The van der Waals surface area contributed by atoms with Gasteiger partial charge in [0.05, 0.1) is 11.3 Å². The largest absolute Gasteiger partial charge is 0.368 e. The van der Waals surface area contributed by atoms with E-state index in [0.717, 1.165) is 0 Å². The van der Waals surface area contributed by atoms with E-state index in [2.05, 4.69) is 10.7 Å². The van der Waals surface area contributed by atoms with Crippen LogP contribution in [0.3, 0.4) is 0 Å². The average molecular weight is 268 g/mol. The maximum atomic E-state index is 13.5. The number of rotatable bonds is 5. The molecule has 1 aromatic carbocycles. The van der Waals surface area contributed by atoms with E-state index in [1.54, 1.807) is 13.8 Å². The van der Waals surface area contributed by atoms with Gasteiger partial charge in [-0.05, 0) is 18.1 Å². The van der Waals surface area contributed by atoms with Crippen LogP contribution in [-0.4, -0.2) is 17.9 Å². The summed E-state index contributed by atoms with van der Waals surface area (Å²) in [4.78, 5) is 23.2. The lowest BCUT2D eigenvalue weighted by atomic mass is 10.0. The molecular weight excluding hydrogens is 251 g/mol. The fourth-order valence-electron chi connectivity index (χ4n) is 1.65. The number of carbonyl (C=O) groups is 2. The van der Waals surface area contributed by atoms with Crippen LogP contribution in [0.25, 0.3) is 0 Å². The minimum Gasteiger partial charge on any atom is -0.368 e. The summed E-state index contributed by atoms with van der Waals surface area (Å²) in [7, 11) is 0. The minimum atomic E-state index is -0.832. The number of benzene rings is 1. The first-order valence-corrected chi connectivity index (χ1v) is 5.73. The summed E-state index contributed by atoms with van der Waals surface area (Å²) in [5, 5.41) is 2.46. The molecule has 1 rings (SSSR count). The van der Waals surface area contributed by atoms with Gasteiger partial charge in [-0.2, -0.15) is 0 Å². The van der Waals surface area contributed by atoms with Crippen LogP contribution in [0.4, 0.5) is 10.1 Å². The van der Waals surface area contributed by atoms with Crippen LogP contribution in [0.1, 0.15) is 24.2 Å². The third-order valence-electron chi connectivity index (χ3n) is 2.66. The normalized spacial score (nSPS) is 12.1. The topological polar surface area (TPSA) is 110 Å². The number of hydrogen-bond acceptors (Lipinski definition) is 4. The fraction of sp³-hybridized carbons (Fsp3) is 0.333. The molecule has 0 saturated carbocycles. The maximum absolute atomic E-state index is 13.5. The molecular formula is C12H17FN4O2. The molecule has 0 aliphatic carbocycles. The van der Waals surface area contributed by atoms with Crippen molar-refractivity contribution in [1.82, 2.24) is 5.32 Å². The summed E-state index contributed by atoms with van der Waals surface area (Å²) >= 11 is 0. The van der Waals surface area contributed by atoms with Crippen molar-refractivity contribution in [2.45, 2.75) is 19.9 Å². The Kier molecular flexibility index (Phi) is 4.82. The lowest BCUT2D eigenvalue weighted by molar-refractivity contribution is -0.120. The fourth-order valence-corrected chi connectivity index (χ4v) is 1.65. The highest BCUT2D eigenvalue weighted by Gasteiger charge is 2.24. The molecule has 104 valence electrons. The van der Waals surface area contributed by atoms with Gasteiger partial charge >= 0.3 is 0 Å². The van der Waals surface area contributed by atoms with Gasteiger partial charge in [-0.25, -0.2) is 4.39 Å². The van der Waals surface area contributed by atoms with Crippen molar-refractivity contribution in [2.75, 3.05) is 5.43 Å². The lowest BCUT2D eigenvalue weighted by Crippen LogP contribution is -2.47. The first kappa shape index (κ1) is 14.9. The number of hydrogen-bond donors (Lipinski definition) is 4. The van der Waals surface area contributed by atoms with Crippen LogP contribution in [0, 0.1) is 11.7 Å². The monoisotopic (exact) mass is 268 g/mol. The van der Waals surface area contributed by atoms with E-state index in [0.29, 0.717) is 0 Å². The number of nitrogens with one attached hydrogen (secondary N) is 2. The van der Waals surface area contributed by atoms with Crippen molar-refractivity contribution >= 4 is 17.5 Å². The predicted molar refractivity (Wildman–Crippen MR) is 69.5 cm³/mol. The molecule has 7 heteroatoms. The third kappa shape index (κ3) is 3.41. The van der Waals surface area contributed by atoms with Gasteiger partial charge in [-0.3, -0.25) is 15.4 Å². The van der Waals surface area contributed by atoms with E-state index in [1.165, 1.54) is 18.2 Å². The van der Waals surface area contributed by atoms with Gasteiger partial charge in [0.1, 0.15) is 11.9 Å². The maximum Gasteiger partial charge on any atom is 0.254 e. The van der Waals surface area contributed by atoms with Crippen LogP contribution in [0.2, 0.25) is 0 Å². The van der Waals surface area contributed by atoms with Crippen molar-refractivity contribution in [1.29, 1.82) is 0 Å². The molecule has 1 aromatic rings. The van der Waals surface area contributed by atoms with Crippen molar-refractivity contribution in [3.8, 4) is 0 Å². The highest BCUT2D eigenvalue weighted by Crippen LogP contribution is 2.18. The second kappa shape index (κ2) is 6.14. The number of nitrogens with two attached hydrogens (primary N) is 2. The minimum absolute atomic E-state index is 0.00870. The van der Waals surface area contributed by atoms with Crippen molar-refractivity contribution < 1.29 is 14.0 Å². The Morgan fingerprint density at radius 2 is 1.95 bits per heavy atom. The molecule has 0 fully saturated rings. The summed E-state index contributed by atoms with van der Waals surface area (Å²) in [5.74, 6) is 3.07. The molecule has 0 heterocycles. The molecule has 2 amide bonds. The van der Waals surface area contributed by atoms with E-state index in [4.69, 9.17) is 11.6 Å². The van der Waals surface area contributed by atoms with Crippen molar-refractivity contribution in [3.05, 3.63) is 29.6 Å². The zero-order valence-electron chi connectivity index (χ0n) is 10.7. The van der Waals surface area contributed by atoms with Gasteiger partial charge < -0.3 is 16.5 Å². The van der Waals surface area contributed by atoms with Gasteiger partial charge in [0, 0.05) is 0 Å². The standard InChI is InChI=1S/C12H17FN4O2/c1-6(2)9(11(14)18)16-12(19)7-4-3-5-8(13)10(7)17-15/h3-6,9,17H,15H2,1-2H3,(H2,14,18)(H,16,19). The SMILES string of the molecule is CC(C)C(NC(=O)c1cccc(F)c1NN)C(N)=O. The van der Waals surface area contributed by atoms with E-state index in [1.807, 2.05) is 0 Å². The summed E-state index contributed by atoms with van der Waals surface area (Å²) in [5.41, 5.74) is 7.20. The number of halogens is 1. The second-order valence-corrected chi connectivity index (χ2v) is 4.40. The van der Waals surface area contributed by atoms with E-state index >= 15 is 0 Å². The summed E-state index contributed by atoms with van der Waals surface area (Å²) < 4.78 is 13.5. The van der Waals surface area contributed by atoms with Crippen LogP contribution in [0.5, 0.6) is 0 Å². The van der Waals surface area contributed by atoms with Gasteiger partial charge in [-0.1, -0.05) is 19.9 Å². The highest BCUT2D eigenvalue weighted by molar-refractivity contribution is 6.01. The molecule has 0 spiro atoms. The van der Waals surface area contributed by atoms with Gasteiger partial charge in [0.25, 0.3) is 5.91 Å². The van der Waals surface area contributed by atoms with Crippen LogP contribution >= 0.6 is 0 Å². The Morgan fingerprint density at radius 1 is 1.32 bits per heavy atom. The zero-order chi connectivity index (χ0) is 14.6. The van der Waals surface area contributed by atoms with Gasteiger partial charge in [-0.15, -0.1) is 0 Å². The molecule has 1 unspecified atom stereocenters. The Bertz CT molecular complexity index is 491. The Balaban J connectivity index is 3.01. The first-order valence-electron chi connectivity index (χ1n) is 5.73. The van der Waals surface area contributed by atoms with Crippen molar-refractivity contribution in [3.63, 3.8) is 0 Å². The molecule has 0 radical (unpaired) electrons. The van der Waals surface area contributed by atoms with E-state index in [-0.39, 0.29) is 17.2 Å². The number of carbonyl (C=O) groups excluding carboxylic acids is 2. The average Bonchev–Trinajstić information content (AvgIpc) is 2.34. The molecule has 0 aliphatic heterocycles. The van der Waals surface area contributed by atoms with Crippen LogP contribution < -0.4 is 22.3 Å². The Hall–Kier alpha value is -2.15. The molecule has 0 aromatic heterocycles. The molecule has 1 atom stereocenters. The van der Waals surface area contributed by atoms with E-state index < -0.39 is 23.7 Å². The second-order valence-electron chi connectivity index (χ2n) is 4.40. The summed E-state index contributed by atoms with van der Waals surface area (Å²) in [6, 6.07) is 3.10. The molecule has 19 heavy (non-hydrogen) atoms. The molecule has 0 saturated heterocycles. The zero-order valence-corrected chi connectivity index (χ0v) is 10.7. The van der Waals surface area contributed by atoms with Gasteiger partial charge in [0.15, 0.2) is 0 Å². The van der Waals surface area contributed by atoms with Crippen molar-refractivity contribution in [2.24, 2.45) is 17.5 Å². The summed E-state index contributed by atoms with van der Waals surface area (Å²) in [6.45, 7) is 3.48. The third-order valence-corrected chi connectivity index (χ3v) is 2.66. The first-order chi connectivity index (χ1) is 8.88. The molecule has 0 aliphatic rings. The number of primary amides is 1. The molecule has 6 nitrogen and oxygen atoms in total. The van der Waals surface area contributed by atoms with E-state index in [9.17, 15) is 14.0 Å². The van der Waals surface area contributed by atoms with Crippen LogP contribution in [-0.2, 0) is 4.79 Å². The quantitative estimate of drug-likeness (QED) is 0.456. The van der Waals surface area contributed by atoms with Crippen LogP contribution in [0.15, 0.2) is 18.2 Å². The number of anilines is 1. The summed E-state index contributed by atoms with van der Waals surface area (Å²) in [6.07, 6.45) is 0.